The lowest BCUT2D eigenvalue weighted by molar-refractivity contribution is -0.137. The van der Waals surface area contributed by atoms with E-state index in [4.69, 9.17) is 11.6 Å². The van der Waals surface area contributed by atoms with Crippen LogP contribution in [0.4, 0.5) is 26.3 Å². The fraction of sp³-hybridized carbons (Fsp3) is 0.115. The molecule has 0 radical (unpaired) electrons. The molecule has 0 aromatic heterocycles. The standard InChI is InChI=1S/C26H13BrClF6NO3/c27-17-8-15(7-16(10-17)25(29,30)31)20(26(32,33)34)11-22(36)13-5-6-14(21(28)9-13)12-35-23(37)18-3-1-2-4-19(18)24(35)38/h1-11H,12H2/b20-11-. The maximum absolute atomic E-state index is 13.8. The van der Waals surface area contributed by atoms with Gasteiger partial charge in [-0.3, -0.25) is 19.3 Å². The normalized spacial score (nSPS) is 14.2. The second kappa shape index (κ2) is 10.0. The van der Waals surface area contributed by atoms with E-state index in [1.165, 1.54) is 18.2 Å². The lowest BCUT2D eigenvalue weighted by Crippen LogP contribution is -2.29. The molecule has 12 heteroatoms. The topological polar surface area (TPSA) is 54.5 Å². The van der Waals surface area contributed by atoms with Gasteiger partial charge in [-0.1, -0.05) is 51.8 Å². The molecule has 0 aliphatic carbocycles. The molecule has 196 valence electrons. The third kappa shape index (κ3) is 5.53. The minimum Gasteiger partial charge on any atom is -0.289 e. The highest BCUT2D eigenvalue weighted by Gasteiger charge is 2.38. The Labute approximate surface area is 224 Å². The van der Waals surface area contributed by atoms with E-state index in [9.17, 15) is 40.7 Å². The summed E-state index contributed by atoms with van der Waals surface area (Å²) in [4.78, 5) is 38.8. The molecule has 0 fully saturated rings. The third-order valence-electron chi connectivity index (χ3n) is 5.66. The van der Waals surface area contributed by atoms with Gasteiger partial charge < -0.3 is 0 Å². The Bertz CT molecular complexity index is 1480. The summed E-state index contributed by atoms with van der Waals surface area (Å²) in [5, 5.41) is -0.101. The van der Waals surface area contributed by atoms with Crippen LogP contribution in [-0.2, 0) is 12.7 Å². The Morgan fingerprint density at radius 2 is 1.47 bits per heavy atom. The smallest absolute Gasteiger partial charge is 0.289 e. The van der Waals surface area contributed by atoms with Crippen LogP contribution in [0.1, 0.15) is 47.8 Å². The van der Waals surface area contributed by atoms with Crippen molar-refractivity contribution in [3.63, 3.8) is 0 Å². The highest BCUT2D eigenvalue weighted by molar-refractivity contribution is 9.10. The largest absolute Gasteiger partial charge is 0.417 e. The molecule has 0 spiro atoms. The van der Waals surface area contributed by atoms with Crippen molar-refractivity contribution in [1.29, 1.82) is 0 Å². The number of benzene rings is 3. The Kier molecular flexibility index (Phi) is 7.28. The fourth-order valence-electron chi connectivity index (χ4n) is 3.83. The summed E-state index contributed by atoms with van der Waals surface area (Å²) in [5.41, 5.74) is -3.38. The van der Waals surface area contributed by atoms with Crippen molar-refractivity contribution in [2.45, 2.75) is 18.9 Å². The summed E-state index contributed by atoms with van der Waals surface area (Å²) >= 11 is 8.99. The molecule has 1 aliphatic rings. The van der Waals surface area contributed by atoms with Crippen molar-refractivity contribution in [3.8, 4) is 0 Å². The highest BCUT2D eigenvalue weighted by atomic mass is 79.9. The first kappa shape index (κ1) is 27.6. The summed E-state index contributed by atoms with van der Waals surface area (Å²) in [7, 11) is 0. The lowest BCUT2D eigenvalue weighted by atomic mass is 9.99. The molecule has 0 unspecified atom stereocenters. The second-order valence-corrected chi connectivity index (χ2v) is 9.52. The number of alkyl halides is 6. The maximum Gasteiger partial charge on any atom is 0.417 e. The molecule has 0 saturated heterocycles. The molecule has 1 aliphatic heterocycles. The predicted molar refractivity (Wildman–Crippen MR) is 130 cm³/mol. The second-order valence-electron chi connectivity index (χ2n) is 8.19. The summed E-state index contributed by atoms with van der Waals surface area (Å²) < 4.78 is 80.5. The average Bonchev–Trinajstić information content (AvgIpc) is 3.06. The van der Waals surface area contributed by atoms with Gasteiger partial charge in [-0.15, -0.1) is 0 Å². The maximum atomic E-state index is 13.8. The Morgan fingerprint density at radius 1 is 0.868 bits per heavy atom. The molecule has 4 rings (SSSR count). The lowest BCUT2D eigenvalue weighted by Gasteiger charge is -2.16. The number of hydrogen-bond acceptors (Lipinski definition) is 3. The van der Waals surface area contributed by atoms with Gasteiger partial charge >= 0.3 is 12.4 Å². The van der Waals surface area contributed by atoms with E-state index in [0.717, 1.165) is 23.1 Å². The summed E-state index contributed by atoms with van der Waals surface area (Å²) in [6.45, 7) is -0.248. The van der Waals surface area contributed by atoms with Gasteiger partial charge in [0.15, 0.2) is 5.78 Å². The zero-order valence-corrected chi connectivity index (χ0v) is 21.1. The number of carbonyl (C=O) groups is 3. The van der Waals surface area contributed by atoms with E-state index in [-0.39, 0.29) is 44.4 Å². The van der Waals surface area contributed by atoms with Gasteiger partial charge in [0, 0.05) is 15.1 Å². The van der Waals surface area contributed by atoms with Gasteiger partial charge in [-0.2, -0.15) is 26.3 Å². The zero-order chi connectivity index (χ0) is 28.0. The molecule has 0 bridgehead atoms. The fourth-order valence-corrected chi connectivity index (χ4v) is 4.57. The number of carbonyl (C=O) groups excluding carboxylic acids is 3. The van der Waals surface area contributed by atoms with Crippen molar-refractivity contribution < 1.29 is 40.7 Å². The van der Waals surface area contributed by atoms with E-state index in [1.54, 1.807) is 12.1 Å². The first-order valence-corrected chi connectivity index (χ1v) is 11.8. The van der Waals surface area contributed by atoms with Crippen LogP contribution in [-0.4, -0.2) is 28.7 Å². The zero-order valence-electron chi connectivity index (χ0n) is 18.8. The van der Waals surface area contributed by atoms with Crippen molar-refractivity contribution in [1.82, 2.24) is 4.90 Å². The van der Waals surface area contributed by atoms with E-state index < -0.39 is 46.7 Å². The van der Waals surface area contributed by atoms with Crippen LogP contribution in [0.3, 0.4) is 0 Å². The van der Waals surface area contributed by atoms with Crippen molar-refractivity contribution in [2.75, 3.05) is 0 Å². The van der Waals surface area contributed by atoms with E-state index in [1.807, 2.05) is 0 Å². The molecule has 2 amide bonds. The summed E-state index contributed by atoms with van der Waals surface area (Å²) in [6.07, 6.45) is -9.88. The van der Waals surface area contributed by atoms with Gasteiger partial charge in [0.1, 0.15) is 0 Å². The third-order valence-corrected chi connectivity index (χ3v) is 6.47. The molecule has 1 heterocycles. The van der Waals surface area contributed by atoms with Crippen LogP contribution in [0.2, 0.25) is 5.02 Å². The van der Waals surface area contributed by atoms with E-state index >= 15 is 0 Å². The van der Waals surface area contributed by atoms with Gasteiger partial charge in [-0.25, -0.2) is 0 Å². The Hall–Kier alpha value is -3.44. The van der Waals surface area contributed by atoms with Crippen LogP contribution >= 0.6 is 27.5 Å². The number of hydrogen-bond donors (Lipinski definition) is 0. The van der Waals surface area contributed by atoms with Gasteiger partial charge in [0.05, 0.1) is 28.8 Å². The molecule has 3 aromatic rings. The number of allylic oxidation sites excluding steroid dienone is 2. The van der Waals surface area contributed by atoms with Crippen LogP contribution in [0.15, 0.2) is 71.2 Å². The van der Waals surface area contributed by atoms with Crippen LogP contribution < -0.4 is 0 Å². The molecule has 4 nitrogen and oxygen atoms in total. The molecule has 38 heavy (non-hydrogen) atoms. The SMILES string of the molecule is O=C(/C=C(/c1cc(Br)cc(C(F)(F)F)c1)C(F)(F)F)c1ccc(CN2C(=O)c3ccccc3C2=O)c(Cl)c1. The number of ketones is 1. The van der Waals surface area contributed by atoms with E-state index in [0.29, 0.717) is 12.1 Å². The number of amides is 2. The van der Waals surface area contributed by atoms with Crippen molar-refractivity contribution in [2.24, 2.45) is 0 Å². The quantitative estimate of drug-likeness (QED) is 0.128. The Balaban J connectivity index is 1.64. The van der Waals surface area contributed by atoms with E-state index in [2.05, 4.69) is 15.9 Å². The number of rotatable bonds is 5. The molecular weight excluding hydrogens is 604 g/mol. The molecule has 0 saturated carbocycles. The van der Waals surface area contributed by atoms with Crippen molar-refractivity contribution >= 4 is 50.7 Å². The first-order valence-electron chi connectivity index (χ1n) is 10.6. The summed E-state index contributed by atoms with van der Waals surface area (Å²) in [5.74, 6) is -2.27. The number of nitrogens with zero attached hydrogens (tertiary/aromatic N) is 1. The van der Waals surface area contributed by atoms with Crippen LogP contribution in [0, 0.1) is 0 Å². The number of halogens is 8. The Morgan fingerprint density at radius 3 is 2.00 bits per heavy atom. The van der Waals surface area contributed by atoms with Crippen LogP contribution in [0.5, 0.6) is 0 Å². The monoisotopic (exact) mass is 615 g/mol. The molecule has 3 aromatic carbocycles. The highest BCUT2D eigenvalue weighted by Crippen LogP contribution is 2.39. The molecule has 0 atom stereocenters. The average molecular weight is 617 g/mol. The van der Waals surface area contributed by atoms with Gasteiger partial charge in [-0.05, 0) is 53.6 Å². The number of fused-ring (bicyclic) bond motifs is 1. The van der Waals surface area contributed by atoms with Crippen molar-refractivity contribution in [3.05, 3.63) is 110 Å². The van der Waals surface area contributed by atoms with Gasteiger partial charge in [0.25, 0.3) is 11.8 Å². The predicted octanol–water partition coefficient (Wildman–Crippen LogP) is 7.75. The minimum atomic E-state index is -5.16. The molecule has 0 N–H and O–H groups in total. The molecular formula is C26H13BrClF6NO3. The van der Waals surface area contributed by atoms with Gasteiger partial charge in [0.2, 0.25) is 0 Å². The minimum absolute atomic E-state index is 0.101. The van der Waals surface area contributed by atoms with Crippen LogP contribution in [0.25, 0.3) is 5.57 Å². The first-order chi connectivity index (χ1) is 17.7. The summed E-state index contributed by atoms with van der Waals surface area (Å²) in [6, 6.07) is 11.4. The number of imide groups is 1.